The van der Waals surface area contributed by atoms with Gasteiger partial charge in [0.1, 0.15) is 117 Å². The first-order valence-corrected chi connectivity index (χ1v) is 53.8. The van der Waals surface area contributed by atoms with E-state index in [9.17, 15) is 22.0 Å². The lowest BCUT2D eigenvalue weighted by molar-refractivity contribution is -0.0445. The van der Waals surface area contributed by atoms with E-state index in [1.54, 1.807) is 0 Å². The standard InChI is InChI=1S/C31H40F3N3O.2C30H36F3N3O.C29H33F4N3O/c1-5-6-7-10-13-36-17-22(18-36)38-21-15-25(32)28(26(33)16-21)30-29-24(23-11-8-9-12-27(23)35-29)14-20(2)37(30)19-31(3,4)34;2*1-17-9-19(10-17)35-14-21(15-35)37-20-12-24(31)27(25(32)13-20)29-28-23(22-7-5-6-8-26(22)34-28)11-18(2)36(29)16-30(3,4)33;1-17(30)9-10-35-14-20(15-35)37-19-12-23(31)26(24(32)13-19)28-27-22(21-7-5-6-8-25(21)34-27)11-18(2)36(28)16-29(3,4)33/h8-9,11-12,15-16,20,22,30,35H,5-7,10,13-14,17-19H2,1-4H3;2*5-8,12-13,17-19,21,29,34H,9-11,14-16H2,1-4H3;5-9,12-13,18,20,28,34H,10-11,14-16H2,1-4H3/b;;;17-9-/t20-,30-;2*17?,18-,19?,29-;18-,28-/m1111/s1. The van der Waals surface area contributed by atoms with Crippen LogP contribution in [0.3, 0.4) is 0 Å². The Morgan fingerprint density at radius 1 is 0.342 bits per heavy atom. The van der Waals surface area contributed by atoms with Crippen LogP contribution in [0.1, 0.15) is 254 Å². The van der Waals surface area contributed by atoms with Crippen LogP contribution < -0.4 is 18.9 Å². The molecule has 0 radical (unpaired) electrons. The fraction of sp³-hybridized carbons (Fsp3) is 0.517. The maximum absolute atomic E-state index is 15.8. The first kappa shape index (κ1) is 107. The summed E-state index contributed by atoms with van der Waals surface area (Å²) in [7, 11) is 0. The van der Waals surface area contributed by atoms with Gasteiger partial charge in [0.2, 0.25) is 0 Å². The second-order valence-electron chi connectivity index (χ2n) is 47.0. The summed E-state index contributed by atoms with van der Waals surface area (Å²) >= 11 is 0. The third-order valence-corrected chi connectivity index (χ3v) is 32.1. The van der Waals surface area contributed by atoms with E-state index in [1.165, 1.54) is 168 Å². The fourth-order valence-electron chi connectivity index (χ4n) is 24.9. The molecule has 6 fully saturated rings. The van der Waals surface area contributed by atoms with Gasteiger partial charge in [-0.05, 0) is 219 Å². The summed E-state index contributed by atoms with van der Waals surface area (Å²) in [6.45, 7) is 35.6. The molecule has 10 aliphatic rings. The van der Waals surface area contributed by atoms with Crippen molar-refractivity contribution in [1.82, 2.24) is 59.1 Å². The maximum Gasteiger partial charge on any atom is 0.135 e. The van der Waals surface area contributed by atoms with Gasteiger partial charge >= 0.3 is 0 Å². The van der Waals surface area contributed by atoms with Crippen LogP contribution in [0, 0.1) is 58.4 Å². The van der Waals surface area contributed by atoms with Gasteiger partial charge in [-0.15, -0.1) is 0 Å². The van der Waals surface area contributed by atoms with Gasteiger partial charge in [-0.1, -0.05) is 113 Å². The van der Waals surface area contributed by atoms with Crippen molar-refractivity contribution in [3.05, 3.63) is 271 Å². The summed E-state index contributed by atoms with van der Waals surface area (Å²) in [6, 6.07) is 39.4. The molecule has 8 aliphatic heterocycles. The molecule has 16 nitrogen and oxygen atoms in total. The highest BCUT2D eigenvalue weighted by Crippen LogP contribution is 2.52. The number of alkyl halides is 4. The van der Waals surface area contributed by atoms with Gasteiger partial charge in [-0.3, -0.25) is 39.2 Å². The number of aromatic nitrogens is 4. The lowest BCUT2D eigenvalue weighted by atomic mass is 9.79. The molecule has 4 N–H and O–H groups in total. The predicted molar refractivity (Wildman–Crippen MR) is 563 cm³/mol. The topological polar surface area (TPSA) is 126 Å². The number of likely N-dealkylation sites (tertiary alicyclic amines) is 4. The van der Waals surface area contributed by atoms with Crippen LogP contribution in [0.5, 0.6) is 23.0 Å². The number of fused-ring (bicyclic) bond motifs is 12. The number of nitrogens with one attached hydrogen (secondary N) is 4. The zero-order valence-electron chi connectivity index (χ0n) is 88.7. The van der Waals surface area contributed by atoms with Crippen molar-refractivity contribution in [2.75, 3.05) is 91.6 Å². The van der Waals surface area contributed by atoms with Gasteiger partial charge in [0, 0.05) is 259 Å². The quantitative estimate of drug-likeness (QED) is 0.0263. The third-order valence-electron chi connectivity index (χ3n) is 32.1. The van der Waals surface area contributed by atoms with Crippen molar-refractivity contribution >= 4 is 43.6 Å². The van der Waals surface area contributed by atoms with E-state index >= 15 is 35.1 Å². The largest absolute Gasteiger partial charge is 0.488 e. The van der Waals surface area contributed by atoms with Crippen LogP contribution >= 0.6 is 0 Å². The predicted octanol–water partition coefficient (Wildman–Crippen LogP) is 26.4. The Kier molecular flexibility index (Phi) is 31.1. The van der Waals surface area contributed by atoms with Crippen LogP contribution in [0.25, 0.3) is 43.6 Å². The number of rotatable bonds is 29. The molecule has 0 spiro atoms. The maximum atomic E-state index is 15.8. The molecule has 8 atom stereocenters. The monoisotopic (exact) mass is 2070 g/mol. The molecule has 2 saturated carbocycles. The number of benzene rings is 8. The number of H-pyrrole nitrogens is 4. The summed E-state index contributed by atoms with van der Waals surface area (Å²) in [5, 5.41) is 4.15. The highest BCUT2D eigenvalue weighted by atomic mass is 19.2. The van der Waals surface area contributed by atoms with Crippen molar-refractivity contribution < 1.29 is 76.0 Å². The Morgan fingerprint density at radius 3 is 0.819 bits per heavy atom. The van der Waals surface area contributed by atoms with Crippen LogP contribution in [-0.4, -0.2) is 234 Å². The highest BCUT2D eigenvalue weighted by Gasteiger charge is 2.50. The van der Waals surface area contributed by atoms with Gasteiger partial charge in [0.05, 0.1) is 30.0 Å². The summed E-state index contributed by atoms with van der Waals surface area (Å²) in [6.07, 6.45) is 13.5. The molecule has 8 aromatic carbocycles. The van der Waals surface area contributed by atoms with E-state index in [0.29, 0.717) is 63.1 Å². The third kappa shape index (κ3) is 23.4. The fourth-order valence-corrected chi connectivity index (χ4v) is 24.9. The molecule has 4 aromatic heterocycles. The van der Waals surface area contributed by atoms with Crippen molar-refractivity contribution in [2.24, 2.45) is 11.8 Å². The molecule has 22 rings (SSSR count). The SMILES string of the molecule is C/C(F)=C/CN1CC(Oc2cc(F)c([C@@H]3c4[nH]c5ccccc5c4C[C@@H](C)N3CC(C)(C)F)c(F)c2)C1.CC1CC(N2CC(Oc3cc(F)c([C@@H]4c5[nH]c6ccccc6c5C[C@@H](C)N4CC(C)(C)F)c(F)c3)C2)C1.CC1CC(N2CC(Oc3cc(F)c([C@@H]4c5[nH]c6ccccc6c5C[C@@H](C)N4CC(C)(C)F)c(F)c3)C2)C1.CCCCCCN1CC(Oc2cc(F)c([C@@H]3c4[nH]c5ccccc5c4C[C@@H](C)N3CC(C)(C)F)c(F)c2)C1. The zero-order chi connectivity index (χ0) is 106. The molecule has 800 valence electrons. The second kappa shape index (κ2) is 43.3. The van der Waals surface area contributed by atoms with Crippen LogP contribution in [0.15, 0.2) is 157 Å². The number of allylic oxidation sites excluding steroid dienone is 1. The highest BCUT2D eigenvalue weighted by molar-refractivity contribution is 5.88. The smallest absolute Gasteiger partial charge is 0.135 e. The molecule has 0 bridgehead atoms. The Hall–Kier alpha value is -10.4. The Bertz CT molecular complexity index is 6500. The molecule has 29 heteroatoms. The number of aromatic amines is 4. The number of unbranched alkanes of at least 4 members (excludes halogenated alkanes) is 3. The van der Waals surface area contributed by atoms with E-state index in [0.717, 1.165) is 141 Å². The Balaban J connectivity index is 0.000000125. The summed E-state index contributed by atoms with van der Waals surface area (Å²) < 4.78 is 223. The van der Waals surface area contributed by atoms with Crippen LogP contribution in [0.4, 0.5) is 57.1 Å². The van der Waals surface area contributed by atoms with E-state index in [4.69, 9.17) is 18.9 Å². The molecule has 4 saturated heterocycles. The zero-order valence-corrected chi connectivity index (χ0v) is 88.7. The average molecular weight is 2070 g/mol. The molecular formula is C120H145F13N12O4. The number of ether oxygens (including phenoxy) is 4. The van der Waals surface area contributed by atoms with Crippen molar-refractivity contribution in [3.8, 4) is 23.0 Å². The van der Waals surface area contributed by atoms with Gasteiger partial charge < -0.3 is 38.9 Å². The molecule has 149 heavy (non-hydrogen) atoms. The lowest BCUT2D eigenvalue weighted by Gasteiger charge is -2.49. The van der Waals surface area contributed by atoms with Gasteiger partial charge in [0.15, 0.2) is 0 Å². The minimum Gasteiger partial charge on any atom is -0.488 e. The van der Waals surface area contributed by atoms with E-state index in [1.807, 2.05) is 149 Å². The second-order valence-corrected chi connectivity index (χ2v) is 47.0. The number of nitrogens with zero attached hydrogens (tertiary/aromatic N) is 8. The summed E-state index contributed by atoms with van der Waals surface area (Å²) in [5.74, 6) is -3.38. The van der Waals surface area contributed by atoms with Gasteiger partial charge in [-0.25, -0.2) is 57.1 Å². The Labute approximate surface area is 867 Å². The summed E-state index contributed by atoms with van der Waals surface area (Å²) in [5.41, 5.74) is 4.23. The number of para-hydroxylation sites is 4. The first-order chi connectivity index (χ1) is 70.8. The number of hydrogen-bond donors (Lipinski definition) is 4. The molecule has 2 aliphatic carbocycles. The molecule has 0 unspecified atom stereocenters. The minimum absolute atomic E-state index is 0.0233. The molecule has 12 heterocycles. The van der Waals surface area contributed by atoms with E-state index in [-0.39, 0.29) is 126 Å². The van der Waals surface area contributed by atoms with Crippen LogP contribution in [-0.2, 0) is 25.7 Å². The number of halogens is 13. The minimum atomic E-state index is -1.56. The lowest BCUT2D eigenvalue weighted by Crippen LogP contribution is -2.60. The number of hydrogen-bond acceptors (Lipinski definition) is 12. The average Bonchev–Trinajstić information content (AvgIpc) is 1.62. The Morgan fingerprint density at radius 2 is 0.584 bits per heavy atom. The van der Waals surface area contributed by atoms with E-state index in [2.05, 4.69) is 55.4 Å². The van der Waals surface area contributed by atoms with Gasteiger partial charge in [0.25, 0.3) is 0 Å². The molecular weight excluding hydrogens is 1920 g/mol. The molecule has 12 aromatic rings. The van der Waals surface area contributed by atoms with Crippen molar-refractivity contribution in [2.45, 2.75) is 295 Å². The normalized spacial score (nSPS) is 24.2. The van der Waals surface area contributed by atoms with Crippen LogP contribution in [0.2, 0.25) is 0 Å². The van der Waals surface area contributed by atoms with Crippen molar-refractivity contribution in [3.63, 3.8) is 0 Å². The first-order valence-electron chi connectivity index (χ1n) is 53.8. The van der Waals surface area contributed by atoms with E-state index < -0.39 is 93.4 Å². The van der Waals surface area contributed by atoms with Crippen molar-refractivity contribution in [1.29, 1.82) is 0 Å². The summed E-state index contributed by atoms with van der Waals surface area (Å²) in [4.78, 5) is 30.2. The van der Waals surface area contributed by atoms with Gasteiger partial charge in [-0.2, -0.15) is 0 Å². The molecule has 0 amide bonds.